The molecule has 1 aliphatic rings. The maximum absolute atomic E-state index is 14.4. The number of aromatic nitrogens is 2. The van der Waals surface area contributed by atoms with Gasteiger partial charge in [0, 0.05) is 16.8 Å². The van der Waals surface area contributed by atoms with E-state index in [2.05, 4.69) is 10.2 Å². The average molecular weight is 300 g/mol. The van der Waals surface area contributed by atoms with E-state index >= 15 is 0 Å². The summed E-state index contributed by atoms with van der Waals surface area (Å²) < 4.78 is 24.8. The van der Waals surface area contributed by atoms with Crippen molar-refractivity contribution in [3.05, 3.63) is 52.3 Å². The van der Waals surface area contributed by atoms with Crippen molar-refractivity contribution in [2.24, 2.45) is 5.73 Å². The number of methoxy groups -OCH3 is 1. The van der Waals surface area contributed by atoms with Gasteiger partial charge in [-0.2, -0.15) is 5.26 Å². The first-order valence-electron chi connectivity index (χ1n) is 6.52. The maximum Gasteiger partial charge on any atom is 0.244 e. The van der Waals surface area contributed by atoms with E-state index in [1.165, 1.54) is 19.2 Å². The van der Waals surface area contributed by atoms with Crippen molar-refractivity contribution < 1.29 is 13.9 Å². The number of nitrogens with one attached hydrogen (secondary N) is 1. The molecule has 0 bridgehead atoms. The second-order valence-corrected chi connectivity index (χ2v) is 4.88. The van der Waals surface area contributed by atoms with Gasteiger partial charge in [0.1, 0.15) is 23.2 Å². The Morgan fingerprint density at radius 2 is 2.27 bits per heavy atom. The molecule has 6 nitrogen and oxygen atoms in total. The number of nitrogens with two attached hydrogens (primary N) is 1. The molecule has 1 unspecified atom stereocenters. The number of nitriles is 1. The first-order chi connectivity index (χ1) is 10.6. The molecule has 0 radical (unpaired) electrons. The minimum Gasteiger partial charge on any atom is -0.497 e. The van der Waals surface area contributed by atoms with Crippen LogP contribution in [0.1, 0.15) is 22.7 Å². The summed E-state index contributed by atoms with van der Waals surface area (Å²) in [5.41, 5.74) is 7.50. The van der Waals surface area contributed by atoms with Crippen LogP contribution in [0.25, 0.3) is 0 Å². The third-order valence-corrected chi connectivity index (χ3v) is 3.64. The number of halogens is 1. The van der Waals surface area contributed by atoms with Crippen LogP contribution >= 0.6 is 0 Å². The second kappa shape index (κ2) is 5.07. The minimum absolute atomic E-state index is 0.0753. The highest BCUT2D eigenvalue weighted by Gasteiger charge is 2.35. The van der Waals surface area contributed by atoms with Crippen molar-refractivity contribution in [3.8, 4) is 17.7 Å². The molecule has 1 atom stereocenters. The summed E-state index contributed by atoms with van der Waals surface area (Å²) in [5, 5.41) is 16.2. The number of allylic oxidation sites excluding steroid dienone is 1. The number of hydrogen-bond acceptors (Lipinski definition) is 5. The summed E-state index contributed by atoms with van der Waals surface area (Å²) >= 11 is 0. The summed E-state index contributed by atoms with van der Waals surface area (Å²) in [5.74, 6) is -0.487. The third-order valence-electron chi connectivity index (χ3n) is 3.64. The second-order valence-electron chi connectivity index (χ2n) is 4.88. The number of aryl methyl sites for hydroxylation is 1. The molecule has 1 aromatic carbocycles. The van der Waals surface area contributed by atoms with Crippen LogP contribution in [0.2, 0.25) is 0 Å². The van der Waals surface area contributed by atoms with Gasteiger partial charge in [-0.25, -0.2) is 4.39 Å². The lowest BCUT2D eigenvalue weighted by molar-refractivity contribution is 0.377. The number of ether oxygens (including phenoxy) is 2. The van der Waals surface area contributed by atoms with Crippen molar-refractivity contribution in [1.29, 1.82) is 5.26 Å². The number of nitrogens with zero attached hydrogens (tertiary/aromatic N) is 2. The van der Waals surface area contributed by atoms with Crippen LogP contribution in [0.15, 0.2) is 29.7 Å². The summed E-state index contributed by atoms with van der Waals surface area (Å²) in [7, 11) is 1.49. The van der Waals surface area contributed by atoms with Gasteiger partial charge in [-0.15, -0.1) is 5.10 Å². The smallest absolute Gasteiger partial charge is 0.244 e. The van der Waals surface area contributed by atoms with Crippen LogP contribution in [-0.4, -0.2) is 17.3 Å². The van der Waals surface area contributed by atoms with Crippen molar-refractivity contribution in [1.82, 2.24) is 10.2 Å². The summed E-state index contributed by atoms with van der Waals surface area (Å²) in [6.07, 6.45) is 0. The SMILES string of the molecule is COc1ccc(F)c(C2C(C#N)=C(N)Oc3n[nH]c(C)c32)c1. The van der Waals surface area contributed by atoms with Crippen LogP contribution in [0, 0.1) is 24.1 Å². The first kappa shape index (κ1) is 13.9. The highest BCUT2D eigenvalue weighted by molar-refractivity contribution is 5.56. The van der Waals surface area contributed by atoms with E-state index in [0.29, 0.717) is 17.0 Å². The van der Waals surface area contributed by atoms with Crippen LogP contribution in [-0.2, 0) is 0 Å². The lowest BCUT2D eigenvalue weighted by atomic mass is 9.84. The molecule has 2 aromatic rings. The lowest BCUT2D eigenvalue weighted by Gasteiger charge is -2.24. The molecule has 0 saturated carbocycles. The predicted octanol–water partition coefficient (Wildman–Crippen LogP) is 2.08. The molecule has 1 aliphatic heterocycles. The molecule has 0 aliphatic carbocycles. The number of hydrogen-bond donors (Lipinski definition) is 2. The van der Waals surface area contributed by atoms with E-state index in [1.54, 1.807) is 13.0 Å². The van der Waals surface area contributed by atoms with Gasteiger partial charge in [0.05, 0.1) is 13.0 Å². The Bertz CT molecular complexity index is 819. The molecule has 2 heterocycles. The quantitative estimate of drug-likeness (QED) is 0.885. The predicted molar refractivity (Wildman–Crippen MR) is 75.6 cm³/mol. The van der Waals surface area contributed by atoms with Gasteiger partial charge in [-0.1, -0.05) is 0 Å². The van der Waals surface area contributed by atoms with E-state index < -0.39 is 11.7 Å². The van der Waals surface area contributed by atoms with Crippen LogP contribution in [0.4, 0.5) is 4.39 Å². The molecule has 3 rings (SSSR count). The van der Waals surface area contributed by atoms with Crippen LogP contribution in [0.5, 0.6) is 11.6 Å². The van der Waals surface area contributed by atoms with Gasteiger partial charge in [-0.3, -0.25) is 5.10 Å². The highest BCUT2D eigenvalue weighted by atomic mass is 19.1. The molecule has 22 heavy (non-hydrogen) atoms. The maximum atomic E-state index is 14.4. The Morgan fingerprint density at radius 3 is 2.95 bits per heavy atom. The zero-order valence-corrected chi connectivity index (χ0v) is 12.0. The number of H-pyrrole nitrogens is 1. The van der Waals surface area contributed by atoms with E-state index in [1.807, 2.05) is 6.07 Å². The standard InChI is InChI=1S/C15H13FN4O2/c1-7-12-13(9-5-8(21-2)3-4-11(9)16)10(6-17)14(18)22-15(12)20-19-7/h3-5,13H,18H2,1-2H3,(H,19,20). The Hall–Kier alpha value is -3.01. The van der Waals surface area contributed by atoms with Gasteiger partial charge in [0.2, 0.25) is 11.8 Å². The third kappa shape index (κ3) is 1.97. The Labute approximate surface area is 126 Å². The largest absolute Gasteiger partial charge is 0.497 e. The van der Waals surface area contributed by atoms with Gasteiger partial charge < -0.3 is 15.2 Å². The number of aromatic amines is 1. The van der Waals surface area contributed by atoms with Crippen molar-refractivity contribution in [2.45, 2.75) is 12.8 Å². The molecule has 1 aromatic heterocycles. The van der Waals surface area contributed by atoms with Crippen molar-refractivity contribution >= 4 is 0 Å². The first-order valence-corrected chi connectivity index (χ1v) is 6.52. The molecule has 0 amide bonds. The fourth-order valence-electron chi connectivity index (χ4n) is 2.58. The summed E-state index contributed by atoms with van der Waals surface area (Å²) in [6.45, 7) is 1.77. The van der Waals surface area contributed by atoms with E-state index in [0.717, 1.165) is 0 Å². The molecule has 3 N–H and O–H groups in total. The van der Waals surface area contributed by atoms with Gasteiger partial charge in [0.25, 0.3) is 0 Å². The van der Waals surface area contributed by atoms with Crippen molar-refractivity contribution in [3.63, 3.8) is 0 Å². The van der Waals surface area contributed by atoms with E-state index in [-0.39, 0.29) is 22.9 Å². The average Bonchev–Trinajstić information content (AvgIpc) is 2.87. The van der Waals surface area contributed by atoms with Gasteiger partial charge in [0.15, 0.2) is 0 Å². The van der Waals surface area contributed by atoms with Gasteiger partial charge >= 0.3 is 0 Å². The molecule has 112 valence electrons. The zero-order chi connectivity index (χ0) is 15.9. The molecule has 0 fully saturated rings. The normalized spacial score (nSPS) is 16.7. The molecule has 0 spiro atoms. The van der Waals surface area contributed by atoms with Crippen LogP contribution < -0.4 is 15.2 Å². The number of rotatable bonds is 2. The number of benzene rings is 1. The Morgan fingerprint density at radius 1 is 1.50 bits per heavy atom. The molecular weight excluding hydrogens is 287 g/mol. The summed E-state index contributed by atoms with van der Waals surface area (Å²) in [6, 6.07) is 6.36. The lowest BCUT2D eigenvalue weighted by Crippen LogP contribution is -2.21. The molecular formula is C15H13FN4O2. The fraction of sp³-hybridized carbons (Fsp3) is 0.200. The monoisotopic (exact) mass is 300 g/mol. The fourth-order valence-corrected chi connectivity index (χ4v) is 2.58. The van der Waals surface area contributed by atoms with Crippen molar-refractivity contribution in [2.75, 3.05) is 7.11 Å². The Balaban J connectivity index is 2.28. The Kier molecular flexibility index (Phi) is 3.22. The molecule has 0 saturated heterocycles. The zero-order valence-electron chi connectivity index (χ0n) is 12.0. The van der Waals surface area contributed by atoms with E-state index in [9.17, 15) is 9.65 Å². The van der Waals surface area contributed by atoms with Crippen LogP contribution in [0.3, 0.4) is 0 Å². The summed E-state index contributed by atoms with van der Waals surface area (Å²) in [4.78, 5) is 0. The minimum atomic E-state index is -0.692. The topological polar surface area (TPSA) is 96.9 Å². The van der Waals surface area contributed by atoms with Gasteiger partial charge in [-0.05, 0) is 25.1 Å². The number of fused-ring (bicyclic) bond motifs is 1. The van der Waals surface area contributed by atoms with E-state index in [4.69, 9.17) is 15.2 Å². The molecule has 7 heteroatoms. The highest BCUT2D eigenvalue weighted by Crippen LogP contribution is 2.43.